The van der Waals surface area contributed by atoms with Crippen LogP contribution in [0.5, 0.6) is 0 Å². The van der Waals surface area contributed by atoms with E-state index in [-0.39, 0.29) is 0 Å². The largest absolute Gasteiger partial charge is 0.264 e. The molecule has 0 atom stereocenters. The van der Waals surface area contributed by atoms with Crippen molar-refractivity contribution in [2.75, 3.05) is 0 Å². The molecule has 1 aromatic heterocycles. The van der Waals surface area contributed by atoms with Gasteiger partial charge in [-0.15, -0.1) is 0 Å². The molecule has 0 spiro atoms. The van der Waals surface area contributed by atoms with Crippen molar-refractivity contribution in [3.8, 4) is 0 Å². The lowest BCUT2D eigenvalue weighted by Crippen LogP contribution is -2.03. The summed E-state index contributed by atoms with van der Waals surface area (Å²) < 4.78 is 60.6. The minimum atomic E-state index is -2.13. The lowest BCUT2D eigenvalue weighted by atomic mass is 10.3. The molecular weight excluding hydrogens is 380 g/mol. The van der Waals surface area contributed by atoms with E-state index >= 15 is 0 Å². The topological polar surface area (TPSA) is 12.9 Å². The molecule has 0 aliphatic carbocycles. The van der Waals surface area contributed by atoms with Crippen LogP contribution in [0.4, 0.5) is 22.0 Å². The van der Waals surface area contributed by atoms with Crippen LogP contribution in [0, 0.1) is 39.6 Å². The zero-order chi connectivity index (χ0) is 14.6. The zero-order valence-electron chi connectivity index (χ0n) is 9.52. The molecular formula is C12H7F5IN. The van der Waals surface area contributed by atoms with E-state index in [0.717, 1.165) is 22.6 Å². The molecule has 1 nitrogen and oxygen atoms in total. The lowest BCUT2D eigenvalue weighted by molar-refractivity contribution is 0.373. The minimum absolute atomic E-state index is 0.899. The fraction of sp³-hybridized carbons (Fsp3) is 0.0833. The second kappa shape index (κ2) is 6.78. The van der Waals surface area contributed by atoms with Crippen molar-refractivity contribution in [1.82, 2.24) is 4.98 Å². The molecule has 0 fully saturated rings. The van der Waals surface area contributed by atoms with Crippen LogP contribution in [0.15, 0.2) is 24.5 Å². The molecule has 2 aromatic rings. The first kappa shape index (κ1) is 15.8. The third-order valence-corrected chi connectivity index (χ3v) is 2.91. The lowest BCUT2D eigenvalue weighted by Gasteiger charge is -2.00. The molecule has 102 valence electrons. The number of aryl methyl sites for hydroxylation is 1. The van der Waals surface area contributed by atoms with Gasteiger partial charge in [0.05, 0.1) is 3.57 Å². The molecule has 0 bridgehead atoms. The Morgan fingerprint density at radius 1 is 0.895 bits per heavy atom. The van der Waals surface area contributed by atoms with E-state index in [1.165, 1.54) is 5.56 Å². The van der Waals surface area contributed by atoms with Gasteiger partial charge in [-0.3, -0.25) is 4.98 Å². The molecule has 0 amide bonds. The Hall–Kier alpha value is -1.25. The van der Waals surface area contributed by atoms with Crippen LogP contribution >= 0.6 is 22.6 Å². The highest BCUT2D eigenvalue weighted by Crippen LogP contribution is 2.23. The Morgan fingerprint density at radius 3 is 1.68 bits per heavy atom. The molecule has 0 aliphatic heterocycles. The van der Waals surface area contributed by atoms with E-state index in [1.54, 1.807) is 6.20 Å². The van der Waals surface area contributed by atoms with E-state index in [0.29, 0.717) is 0 Å². The third-order valence-electron chi connectivity index (χ3n) is 1.97. The van der Waals surface area contributed by atoms with Crippen molar-refractivity contribution in [3.63, 3.8) is 0 Å². The van der Waals surface area contributed by atoms with Crippen molar-refractivity contribution in [2.24, 2.45) is 0 Å². The van der Waals surface area contributed by atoms with E-state index < -0.39 is 32.7 Å². The number of hydrogen-bond donors (Lipinski definition) is 0. The van der Waals surface area contributed by atoms with Gasteiger partial charge in [0, 0.05) is 12.4 Å². The van der Waals surface area contributed by atoms with Gasteiger partial charge in [0.25, 0.3) is 0 Å². The zero-order valence-corrected chi connectivity index (χ0v) is 11.7. The Bertz CT molecular complexity index is 469. The van der Waals surface area contributed by atoms with Crippen molar-refractivity contribution in [1.29, 1.82) is 0 Å². The second-order valence-electron chi connectivity index (χ2n) is 3.41. The van der Waals surface area contributed by atoms with Crippen molar-refractivity contribution < 1.29 is 22.0 Å². The van der Waals surface area contributed by atoms with Crippen LogP contribution in [0.1, 0.15) is 5.56 Å². The molecule has 1 heterocycles. The standard InChI is InChI=1S/C6F5I.C6H7N/c7-1-2(8)4(10)6(12)5(11)3(1)9;1-6-3-2-4-7-5-6/h;2-5H,1H3. The molecule has 0 radical (unpaired) electrons. The molecule has 0 N–H and O–H groups in total. The Morgan fingerprint density at radius 2 is 1.37 bits per heavy atom. The second-order valence-corrected chi connectivity index (χ2v) is 4.49. The summed E-state index contributed by atoms with van der Waals surface area (Å²) >= 11 is 1.04. The van der Waals surface area contributed by atoms with Gasteiger partial charge in [-0.05, 0) is 41.1 Å². The van der Waals surface area contributed by atoms with E-state index in [4.69, 9.17) is 0 Å². The number of pyridine rings is 1. The number of aromatic nitrogens is 1. The SMILES string of the molecule is Cc1cccnc1.Fc1c(F)c(F)c(I)c(F)c1F. The maximum Gasteiger partial charge on any atom is 0.200 e. The van der Waals surface area contributed by atoms with Gasteiger partial charge in [-0.25, -0.2) is 22.0 Å². The number of benzene rings is 1. The average Bonchev–Trinajstić information content (AvgIpc) is 2.42. The van der Waals surface area contributed by atoms with Crippen LogP contribution in [0.2, 0.25) is 0 Å². The smallest absolute Gasteiger partial charge is 0.200 e. The normalized spacial score (nSPS) is 9.84. The third kappa shape index (κ3) is 3.85. The number of halogens is 6. The molecule has 1 aromatic carbocycles. The summed E-state index contributed by atoms with van der Waals surface area (Å²) in [6.45, 7) is 2.02. The van der Waals surface area contributed by atoms with E-state index in [1.807, 2.05) is 25.3 Å². The van der Waals surface area contributed by atoms with Gasteiger partial charge < -0.3 is 0 Å². The van der Waals surface area contributed by atoms with Crippen molar-refractivity contribution >= 4 is 22.6 Å². The van der Waals surface area contributed by atoms with Crippen molar-refractivity contribution in [3.05, 3.63) is 62.7 Å². The molecule has 0 unspecified atom stereocenters. The van der Waals surface area contributed by atoms with Crippen LogP contribution in [-0.4, -0.2) is 4.98 Å². The van der Waals surface area contributed by atoms with Crippen LogP contribution in [0.25, 0.3) is 0 Å². The summed E-state index contributed by atoms with van der Waals surface area (Å²) in [7, 11) is 0. The van der Waals surface area contributed by atoms with Gasteiger partial charge in [0.15, 0.2) is 23.3 Å². The first-order valence-electron chi connectivity index (χ1n) is 4.89. The van der Waals surface area contributed by atoms with Crippen LogP contribution < -0.4 is 0 Å². The Labute approximate surface area is 119 Å². The van der Waals surface area contributed by atoms with Crippen LogP contribution in [0.3, 0.4) is 0 Å². The predicted molar refractivity (Wildman–Crippen MR) is 67.9 cm³/mol. The fourth-order valence-electron chi connectivity index (χ4n) is 1.03. The molecule has 7 heteroatoms. The molecule has 19 heavy (non-hydrogen) atoms. The van der Waals surface area contributed by atoms with Gasteiger partial charge in [-0.2, -0.15) is 0 Å². The van der Waals surface area contributed by atoms with E-state index in [2.05, 4.69) is 4.98 Å². The monoisotopic (exact) mass is 387 g/mol. The first-order chi connectivity index (χ1) is 8.86. The Kier molecular flexibility index (Phi) is 5.64. The first-order valence-corrected chi connectivity index (χ1v) is 5.97. The van der Waals surface area contributed by atoms with Gasteiger partial charge in [-0.1, -0.05) is 6.07 Å². The van der Waals surface area contributed by atoms with Gasteiger partial charge in [0.1, 0.15) is 0 Å². The summed E-state index contributed by atoms with van der Waals surface area (Å²) in [6, 6.07) is 3.95. The molecule has 2 rings (SSSR count). The highest BCUT2D eigenvalue weighted by Gasteiger charge is 2.23. The van der Waals surface area contributed by atoms with Crippen molar-refractivity contribution in [2.45, 2.75) is 6.92 Å². The minimum Gasteiger partial charge on any atom is -0.264 e. The maximum atomic E-state index is 12.4. The highest BCUT2D eigenvalue weighted by molar-refractivity contribution is 14.1. The fourth-order valence-corrected chi connectivity index (χ4v) is 1.50. The number of rotatable bonds is 0. The molecule has 0 saturated carbocycles. The average molecular weight is 387 g/mol. The number of hydrogen-bond acceptors (Lipinski definition) is 1. The summed E-state index contributed by atoms with van der Waals surface area (Å²) in [5.74, 6) is -9.57. The van der Waals surface area contributed by atoms with E-state index in [9.17, 15) is 22.0 Å². The predicted octanol–water partition coefficient (Wildman–Crippen LogP) is 4.38. The Balaban J connectivity index is 0.000000218. The summed E-state index contributed by atoms with van der Waals surface area (Å²) in [5.41, 5.74) is 1.21. The van der Waals surface area contributed by atoms with Gasteiger partial charge >= 0.3 is 0 Å². The summed E-state index contributed by atoms with van der Waals surface area (Å²) in [6.07, 6.45) is 3.60. The molecule has 0 aliphatic rings. The maximum absolute atomic E-state index is 12.4. The molecule has 0 saturated heterocycles. The highest BCUT2D eigenvalue weighted by atomic mass is 127. The number of nitrogens with zero attached hydrogens (tertiary/aromatic N) is 1. The summed E-state index contributed by atoms with van der Waals surface area (Å²) in [4.78, 5) is 3.88. The van der Waals surface area contributed by atoms with Gasteiger partial charge in [0.2, 0.25) is 5.82 Å². The summed E-state index contributed by atoms with van der Waals surface area (Å²) in [5, 5.41) is 0. The quantitative estimate of drug-likeness (QED) is 0.283. The van der Waals surface area contributed by atoms with Crippen LogP contribution in [-0.2, 0) is 0 Å².